The van der Waals surface area contributed by atoms with Crippen LogP contribution in [-0.4, -0.2) is 13.1 Å². The van der Waals surface area contributed by atoms with Crippen molar-refractivity contribution in [1.82, 2.24) is 5.32 Å². The minimum Gasteiger partial charge on any atom is -0.380 e. The number of hydrogen-bond acceptors (Lipinski definition) is 2. The Morgan fingerprint density at radius 2 is 1.83 bits per heavy atom. The summed E-state index contributed by atoms with van der Waals surface area (Å²) in [7, 11) is 1.64. The predicted octanol–water partition coefficient (Wildman–Crippen LogP) is 4.28. The third-order valence-electron chi connectivity index (χ3n) is 3.80. The summed E-state index contributed by atoms with van der Waals surface area (Å²) < 4.78 is 5.15. The molecule has 23 heavy (non-hydrogen) atoms. The molecule has 4 nitrogen and oxygen atoms in total. The highest BCUT2D eigenvalue weighted by atomic mass is 16.5. The van der Waals surface area contributed by atoms with E-state index in [9.17, 15) is 4.79 Å². The van der Waals surface area contributed by atoms with Gasteiger partial charge in [0.15, 0.2) is 0 Å². The van der Waals surface area contributed by atoms with Gasteiger partial charge >= 0.3 is 6.03 Å². The fourth-order valence-corrected chi connectivity index (χ4v) is 2.40. The quantitative estimate of drug-likeness (QED) is 0.836. The maximum Gasteiger partial charge on any atom is 0.319 e. The lowest BCUT2D eigenvalue weighted by Crippen LogP contribution is -2.31. The SMILES string of the molecule is CCc1ccc(C(C)NC(=O)Nc2ccccc2COC)cc1. The molecule has 0 aliphatic carbocycles. The number of methoxy groups -OCH3 is 1. The van der Waals surface area contributed by atoms with Gasteiger partial charge in [-0.25, -0.2) is 4.79 Å². The molecule has 2 aromatic carbocycles. The summed E-state index contributed by atoms with van der Waals surface area (Å²) in [6.07, 6.45) is 1.01. The summed E-state index contributed by atoms with van der Waals surface area (Å²) in [6, 6.07) is 15.7. The smallest absolute Gasteiger partial charge is 0.319 e. The fraction of sp³-hybridized carbons (Fsp3) is 0.316. The molecule has 2 aromatic rings. The van der Waals surface area contributed by atoms with Crippen LogP contribution in [0.3, 0.4) is 0 Å². The molecule has 0 aliphatic heterocycles. The lowest BCUT2D eigenvalue weighted by atomic mass is 10.1. The van der Waals surface area contributed by atoms with Gasteiger partial charge in [-0.3, -0.25) is 0 Å². The number of benzene rings is 2. The topological polar surface area (TPSA) is 50.4 Å². The lowest BCUT2D eigenvalue weighted by Gasteiger charge is -2.16. The summed E-state index contributed by atoms with van der Waals surface area (Å²) in [6.45, 7) is 4.56. The van der Waals surface area contributed by atoms with Gasteiger partial charge in [-0.05, 0) is 30.5 Å². The zero-order chi connectivity index (χ0) is 16.7. The van der Waals surface area contributed by atoms with Crippen LogP contribution in [0.5, 0.6) is 0 Å². The van der Waals surface area contributed by atoms with Gasteiger partial charge in [-0.1, -0.05) is 49.4 Å². The minimum atomic E-state index is -0.222. The van der Waals surface area contributed by atoms with Gasteiger partial charge in [0.2, 0.25) is 0 Å². The standard InChI is InChI=1S/C19H24N2O2/c1-4-15-9-11-16(12-10-15)14(2)20-19(22)21-18-8-6-5-7-17(18)13-23-3/h5-12,14H,4,13H2,1-3H3,(H2,20,21,22). The summed E-state index contributed by atoms with van der Waals surface area (Å²) >= 11 is 0. The first kappa shape index (κ1) is 17.0. The molecular weight excluding hydrogens is 288 g/mol. The van der Waals surface area contributed by atoms with Crippen LogP contribution >= 0.6 is 0 Å². The molecule has 0 aromatic heterocycles. The van der Waals surface area contributed by atoms with Crippen molar-refractivity contribution in [3.63, 3.8) is 0 Å². The normalized spacial score (nSPS) is 11.8. The highest BCUT2D eigenvalue weighted by Gasteiger charge is 2.11. The number of nitrogens with one attached hydrogen (secondary N) is 2. The van der Waals surface area contributed by atoms with Crippen molar-refractivity contribution in [2.24, 2.45) is 0 Å². The van der Waals surface area contributed by atoms with Crippen molar-refractivity contribution >= 4 is 11.7 Å². The molecular formula is C19H24N2O2. The van der Waals surface area contributed by atoms with Gasteiger partial charge in [0.25, 0.3) is 0 Å². The van der Waals surface area contributed by atoms with E-state index < -0.39 is 0 Å². The number of aryl methyl sites for hydroxylation is 1. The molecule has 0 aliphatic rings. The number of rotatable bonds is 6. The molecule has 0 saturated carbocycles. The Bertz CT molecular complexity index is 638. The molecule has 4 heteroatoms. The molecule has 1 unspecified atom stereocenters. The van der Waals surface area contributed by atoms with E-state index in [0.29, 0.717) is 6.61 Å². The van der Waals surface area contributed by atoms with Crippen LogP contribution in [0.1, 0.15) is 36.6 Å². The number of carbonyl (C=O) groups is 1. The fourth-order valence-electron chi connectivity index (χ4n) is 2.40. The van der Waals surface area contributed by atoms with Crippen LogP contribution in [-0.2, 0) is 17.8 Å². The van der Waals surface area contributed by atoms with E-state index in [1.165, 1.54) is 5.56 Å². The van der Waals surface area contributed by atoms with Crippen LogP contribution in [0.2, 0.25) is 0 Å². The largest absolute Gasteiger partial charge is 0.380 e. The summed E-state index contributed by atoms with van der Waals surface area (Å²) in [5, 5.41) is 5.85. The third kappa shape index (κ3) is 4.83. The van der Waals surface area contributed by atoms with Crippen molar-refractivity contribution in [2.75, 3.05) is 12.4 Å². The number of amides is 2. The second kappa shape index (κ2) is 8.34. The van der Waals surface area contributed by atoms with E-state index in [1.54, 1.807) is 7.11 Å². The number of hydrogen-bond donors (Lipinski definition) is 2. The van der Waals surface area contributed by atoms with Crippen molar-refractivity contribution in [3.8, 4) is 0 Å². The molecule has 0 radical (unpaired) electrons. The Kier molecular flexibility index (Phi) is 6.18. The highest BCUT2D eigenvalue weighted by Crippen LogP contribution is 2.17. The summed E-state index contributed by atoms with van der Waals surface area (Å²) in [4.78, 5) is 12.2. The first-order valence-electron chi connectivity index (χ1n) is 7.87. The van der Waals surface area contributed by atoms with Crippen molar-refractivity contribution in [3.05, 3.63) is 65.2 Å². The van der Waals surface area contributed by atoms with Gasteiger partial charge in [0, 0.05) is 18.4 Å². The van der Waals surface area contributed by atoms with E-state index in [-0.39, 0.29) is 12.1 Å². The molecule has 0 fully saturated rings. The number of urea groups is 1. The second-order valence-electron chi connectivity index (χ2n) is 5.51. The van der Waals surface area contributed by atoms with Crippen LogP contribution < -0.4 is 10.6 Å². The second-order valence-corrected chi connectivity index (χ2v) is 5.51. The van der Waals surface area contributed by atoms with E-state index in [4.69, 9.17) is 4.74 Å². The average molecular weight is 312 g/mol. The average Bonchev–Trinajstić information content (AvgIpc) is 2.57. The monoisotopic (exact) mass is 312 g/mol. The lowest BCUT2D eigenvalue weighted by molar-refractivity contribution is 0.185. The Labute approximate surface area is 137 Å². The molecule has 2 amide bonds. The molecule has 122 valence electrons. The van der Waals surface area contributed by atoms with Gasteiger partial charge < -0.3 is 15.4 Å². The van der Waals surface area contributed by atoms with Crippen molar-refractivity contribution < 1.29 is 9.53 Å². The summed E-state index contributed by atoms with van der Waals surface area (Å²) in [5.41, 5.74) is 4.09. The summed E-state index contributed by atoms with van der Waals surface area (Å²) in [5.74, 6) is 0. The van der Waals surface area contributed by atoms with Crippen molar-refractivity contribution in [2.45, 2.75) is 32.9 Å². The number of para-hydroxylation sites is 1. The molecule has 1 atom stereocenters. The Morgan fingerprint density at radius 1 is 1.13 bits per heavy atom. The molecule has 0 bridgehead atoms. The van der Waals surface area contributed by atoms with E-state index >= 15 is 0 Å². The number of anilines is 1. The number of carbonyl (C=O) groups excluding carboxylic acids is 1. The predicted molar refractivity (Wildman–Crippen MR) is 93.5 cm³/mol. The maximum absolute atomic E-state index is 12.2. The van der Waals surface area contributed by atoms with Gasteiger partial charge in [0.05, 0.1) is 12.6 Å². The first-order valence-corrected chi connectivity index (χ1v) is 7.87. The highest BCUT2D eigenvalue weighted by molar-refractivity contribution is 5.90. The first-order chi connectivity index (χ1) is 11.1. The van der Waals surface area contributed by atoms with Crippen LogP contribution in [0.25, 0.3) is 0 Å². The Hall–Kier alpha value is -2.33. The maximum atomic E-state index is 12.2. The Morgan fingerprint density at radius 3 is 2.48 bits per heavy atom. The zero-order valence-corrected chi connectivity index (χ0v) is 13.9. The molecule has 2 rings (SSSR count). The molecule has 0 spiro atoms. The zero-order valence-electron chi connectivity index (χ0n) is 13.9. The van der Waals surface area contributed by atoms with Gasteiger partial charge in [-0.15, -0.1) is 0 Å². The third-order valence-corrected chi connectivity index (χ3v) is 3.80. The van der Waals surface area contributed by atoms with E-state index in [2.05, 4.69) is 41.8 Å². The van der Waals surface area contributed by atoms with E-state index in [0.717, 1.165) is 23.2 Å². The van der Waals surface area contributed by atoms with Crippen LogP contribution in [0.15, 0.2) is 48.5 Å². The Balaban J connectivity index is 1.98. The number of ether oxygens (including phenoxy) is 1. The molecule has 2 N–H and O–H groups in total. The van der Waals surface area contributed by atoms with Crippen molar-refractivity contribution in [1.29, 1.82) is 0 Å². The molecule has 0 heterocycles. The van der Waals surface area contributed by atoms with E-state index in [1.807, 2.05) is 31.2 Å². The minimum absolute atomic E-state index is 0.0597. The van der Waals surface area contributed by atoms with Gasteiger partial charge in [0.1, 0.15) is 0 Å². The molecule has 0 saturated heterocycles. The van der Waals surface area contributed by atoms with Gasteiger partial charge in [-0.2, -0.15) is 0 Å². The van der Waals surface area contributed by atoms with Crippen LogP contribution in [0, 0.1) is 0 Å². The van der Waals surface area contributed by atoms with Crippen LogP contribution in [0.4, 0.5) is 10.5 Å².